The van der Waals surface area contributed by atoms with Crippen LogP contribution in [0.5, 0.6) is 0 Å². The fourth-order valence-corrected chi connectivity index (χ4v) is 4.52. The maximum atomic E-state index is 3.18. The Labute approximate surface area is 156 Å². The average molecular weight is 344 g/mol. The van der Waals surface area contributed by atoms with E-state index in [1.54, 1.807) is 0 Å². The molecule has 0 aliphatic rings. The molecule has 6 rings (SSSR count). The highest BCUT2D eigenvalue weighted by Gasteiger charge is 2.09. The zero-order valence-corrected chi connectivity index (χ0v) is 15.1. The van der Waals surface area contributed by atoms with Crippen molar-refractivity contribution in [2.24, 2.45) is 0 Å². The molecule has 0 aliphatic heterocycles. The van der Waals surface area contributed by atoms with E-state index in [-0.39, 0.29) is 0 Å². The zero-order chi connectivity index (χ0) is 18.0. The molecule has 0 unspecified atom stereocenters. The summed E-state index contributed by atoms with van der Waals surface area (Å²) in [5.41, 5.74) is 1.30. The van der Waals surface area contributed by atoms with E-state index < -0.39 is 0 Å². The lowest BCUT2D eigenvalue weighted by Crippen LogP contribution is -1.97. The number of aromatic amines is 1. The fraction of sp³-hybridized carbons (Fsp3) is 0.0385. The smallest absolute Gasteiger partial charge is 0.174 e. The van der Waals surface area contributed by atoms with Crippen molar-refractivity contribution < 1.29 is 4.98 Å². The second-order valence-corrected chi connectivity index (χ2v) is 7.42. The molecule has 0 bridgehead atoms. The maximum Gasteiger partial charge on any atom is 0.174 e. The summed E-state index contributed by atoms with van der Waals surface area (Å²) in [5.74, 6) is 0. The number of fused-ring (bicyclic) bond motifs is 9. The predicted molar refractivity (Wildman–Crippen MR) is 115 cm³/mol. The number of H-pyrrole nitrogens is 1. The Morgan fingerprint density at radius 3 is 1.63 bits per heavy atom. The number of benzene rings is 5. The van der Waals surface area contributed by atoms with Crippen LogP contribution in [0.2, 0.25) is 0 Å². The van der Waals surface area contributed by atoms with Crippen molar-refractivity contribution in [2.75, 3.05) is 0 Å². The fourth-order valence-electron chi connectivity index (χ4n) is 4.52. The Bertz CT molecular complexity index is 1530. The van der Waals surface area contributed by atoms with Gasteiger partial charge in [-0.25, -0.2) is 4.98 Å². The minimum absolute atomic E-state index is 1.24. The van der Waals surface area contributed by atoms with Gasteiger partial charge in [-0.2, -0.15) is 0 Å². The zero-order valence-electron chi connectivity index (χ0n) is 15.1. The summed E-state index contributed by atoms with van der Waals surface area (Å²) in [6.45, 7) is 2.15. The molecular formula is C26H18N+. The van der Waals surface area contributed by atoms with E-state index in [9.17, 15) is 0 Å². The van der Waals surface area contributed by atoms with Crippen LogP contribution in [0.1, 0.15) is 5.56 Å². The number of rotatable bonds is 0. The third-order valence-electron chi connectivity index (χ3n) is 5.83. The molecule has 27 heavy (non-hydrogen) atoms. The maximum absolute atomic E-state index is 3.18. The van der Waals surface area contributed by atoms with Gasteiger partial charge in [0, 0.05) is 16.8 Å². The van der Waals surface area contributed by atoms with Gasteiger partial charge in [-0.15, -0.1) is 0 Å². The second-order valence-electron chi connectivity index (χ2n) is 7.42. The lowest BCUT2D eigenvalue weighted by Gasteiger charge is -2.11. The van der Waals surface area contributed by atoms with Crippen LogP contribution in [-0.2, 0) is 0 Å². The SMILES string of the molecule is Cc1ccc2c(ccc3c2ccc2c4ccc5c[nH+]ccc5c4ccc32)c1. The molecule has 0 amide bonds. The van der Waals surface area contributed by atoms with Gasteiger partial charge in [0.25, 0.3) is 0 Å². The van der Waals surface area contributed by atoms with Gasteiger partial charge in [0.2, 0.25) is 0 Å². The highest BCUT2D eigenvalue weighted by molar-refractivity contribution is 6.24. The number of pyridine rings is 1. The van der Waals surface area contributed by atoms with Crippen LogP contribution >= 0.6 is 0 Å². The molecule has 0 fully saturated rings. The Morgan fingerprint density at radius 1 is 0.481 bits per heavy atom. The Balaban J connectivity index is 1.79. The first-order valence-corrected chi connectivity index (χ1v) is 9.37. The number of hydrogen-bond donors (Lipinski definition) is 0. The van der Waals surface area contributed by atoms with Crippen LogP contribution in [0.3, 0.4) is 0 Å². The standard InChI is InChI=1S/C26H17N/c1-16-2-5-19-17(14-16)3-6-23-21(19)8-10-26-24-7-4-18-15-27-13-12-20(18)22(24)9-11-25(23)26/h2-15H,1H3/p+1. The summed E-state index contributed by atoms with van der Waals surface area (Å²) in [6.07, 6.45) is 4.06. The summed E-state index contributed by atoms with van der Waals surface area (Å²) >= 11 is 0. The number of nitrogens with one attached hydrogen (secondary N) is 1. The van der Waals surface area contributed by atoms with Crippen LogP contribution < -0.4 is 4.98 Å². The highest BCUT2D eigenvalue weighted by atomic mass is 14.6. The average Bonchev–Trinajstić information content (AvgIpc) is 2.72. The van der Waals surface area contributed by atoms with Crippen LogP contribution in [-0.4, -0.2) is 0 Å². The number of aromatic nitrogens is 1. The largest absolute Gasteiger partial charge is 0.217 e. The molecule has 126 valence electrons. The van der Waals surface area contributed by atoms with Gasteiger partial charge >= 0.3 is 0 Å². The van der Waals surface area contributed by atoms with E-state index in [4.69, 9.17) is 0 Å². The normalized spacial score (nSPS) is 11.9. The van der Waals surface area contributed by atoms with Crippen LogP contribution in [0.4, 0.5) is 0 Å². The molecule has 0 spiro atoms. The van der Waals surface area contributed by atoms with Crippen LogP contribution in [0, 0.1) is 6.92 Å². The molecule has 6 aromatic rings. The van der Waals surface area contributed by atoms with E-state index in [0.29, 0.717) is 0 Å². The molecule has 0 radical (unpaired) electrons. The van der Waals surface area contributed by atoms with Gasteiger partial charge in [-0.05, 0) is 56.1 Å². The van der Waals surface area contributed by atoms with Crippen molar-refractivity contribution in [3.63, 3.8) is 0 Å². The first-order valence-electron chi connectivity index (χ1n) is 9.37. The predicted octanol–water partition coefficient (Wildman–Crippen LogP) is 6.58. The Hall–Kier alpha value is -3.45. The Kier molecular flexibility index (Phi) is 2.87. The molecule has 1 nitrogen and oxygen atoms in total. The molecular weight excluding hydrogens is 326 g/mol. The van der Waals surface area contributed by atoms with E-state index in [2.05, 4.69) is 90.9 Å². The summed E-state index contributed by atoms with van der Waals surface area (Å²) in [7, 11) is 0. The van der Waals surface area contributed by atoms with Gasteiger partial charge in [0.1, 0.15) is 0 Å². The van der Waals surface area contributed by atoms with E-state index in [1.807, 2.05) is 6.20 Å². The monoisotopic (exact) mass is 344 g/mol. The van der Waals surface area contributed by atoms with Crippen molar-refractivity contribution in [2.45, 2.75) is 6.92 Å². The molecule has 0 aliphatic carbocycles. The van der Waals surface area contributed by atoms with Crippen molar-refractivity contribution in [1.29, 1.82) is 0 Å². The van der Waals surface area contributed by atoms with Crippen LogP contribution in [0.15, 0.2) is 85.2 Å². The topological polar surface area (TPSA) is 14.1 Å². The van der Waals surface area contributed by atoms with Crippen molar-refractivity contribution in [3.05, 3.63) is 90.8 Å². The molecule has 0 saturated carbocycles. The van der Waals surface area contributed by atoms with Gasteiger partial charge in [-0.3, -0.25) is 0 Å². The number of aryl methyl sites for hydroxylation is 1. The van der Waals surface area contributed by atoms with Gasteiger partial charge in [0.05, 0.1) is 0 Å². The van der Waals surface area contributed by atoms with Gasteiger partial charge in [0.15, 0.2) is 12.4 Å². The first-order chi connectivity index (χ1) is 13.3. The lowest BCUT2D eigenvalue weighted by atomic mass is 9.92. The summed E-state index contributed by atoms with van der Waals surface area (Å²) in [5, 5.41) is 13.1. The second kappa shape index (κ2) is 5.28. The van der Waals surface area contributed by atoms with E-state index in [1.165, 1.54) is 59.4 Å². The first kappa shape index (κ1) is 14.7. The third-order valence-corrected chi connectivity index (χ3v) is 5.83. The molecule has 1 heteroatoms. The van der Waals surface area contributed by atoms with Crippen molar-refractivity contribution in [3.8, 4) is 0 Å². The minimum Gasteiger partial charge on any atom is -0.217 e. The van der Waals surface area contributed by atoms with Gasteiger partial charge in [-0.1, -0.05) is 66.2 Å². The third kappa shape index (κ3) is 2.03. The van der Waals surface area contributed by atoms with Crippen molar-refractivity contribution in [1.82, 2.24) is 0 Å². The van der Waals surface area contributed by atoms with Crippen molar-refractivity contribution >= 4 is 53.9 Å². The van der Waals surface area contributed by atoms with Gasteiger partial charge < -0.3 is 0 Å². The minimum atomic E-state index is 1.24. The molecule has 0 saturated heterocycles. The quantitative estimate of drug-likeness (QED) is 0.277. The molecule has 1 N–H and O–H groups in total. The number of hydrogen-bond acceptors (Lipinski definition) is 0. The summed E-state index contributed by atoms with van der Waals surface area (Å²) < 4.78 is 0. The summed E-state index contributed by atoms with van der Waals surface area (Å²) in [6, 6.07) is 27.0. The molecule has 0 atom stereocenters. The molecule has 5 aromatic carbocycles. The molecule has 1 heterocycles. The Morgan fingerprint density at radius 2 is 0.963 bits per heavy atom. The lowest BCUT2D eigenvalue weighted by molar-refractivity contribution is -0.375. The molecule has 1 aromatic heterocycles. The summed E-state index contributed by atoms with van der Waals surface area (Å²) in [4.78, 5) is 3.18. The van der Waals surface area contributed by atoms with Crippen LogP contribution in [0.25, 0.3) is 53.9 Å². The van der Waals surface area contributed by atoms with E-state index in [0.717, 1.165) is 0 Å². The highest BCUT2D eigenvalue weighted by Crippen LogP contribution is 2.36. The van der Waals surface area contributed by atoms with E-state index >= 15 is 0 Å².